The van der Waals surface area contributed by atoms with Gasteiger partial charge >= 0.3 is 0 Å². The van der Waals surface area contributed by atoms with E-state index in [0.29, 0.717) is 22.8 Å². The molecule has 3 heterocycles. The molecule has 3 N–H and O–H groups in total. The Morgan fingerprint density at radius 1 is 1.00 bits per heavy atom. The van der Waals surface area contributed by atoms with Gasteiger partial charge in [-0.05, 0) is 11.5 Å². The molecule has 0 unspecified atom stereocenters. The van der Waals surface area contributed by atoms with Gasteiger partial charge in [0.15, 0.2) is 17.3 Å². The Hall–Kier alpha value is -3.02. The number of pyridine rings is 1. The van der Waals surface area contributed by atoms with Crippen LogP contribution in [0.25, 0.3) is 33.5 Å². The number of rotatable bonds is 1. The maximum Gasteiger partial charge on any atom is 0.183 e. The standard InChI is InChI=1S/C14H10N6/c15-12-11-13(18-7-17-12)20-14(19-11)10-9-4-2-1-3-8(9)5-6-16-10/h1-7H,(H3,15,17,18,19,20). The summed E-state index contributed by atoms with van der Waals surface area (Å²) < 4.78 is 0. The second kappa shape index (κ2) is 3.99. The van der Waals surface area contributed by atoms with E-state index in [4.69, 9.17) is 5.73 Å². The highest BCUT2D eigenvalue weighted by Crippen LogP contribution is 2.26. The molecule has 20 heavy (non-hydrogen) atoms. The Labute approximate surface area is 113 Å². The van der Waals surface area contributed by atoms with Crippen molar-refractivity contribution < 1.29 is 0 Å². The number of nitrogens with zero attached hydrogens (tertiary/aromatic N) is 4. The van der Waals surface area contributed by atoms with Gasteiger partial charge in [-0.3, -0.25) is 4.98 Å². The number of aromatic amines is 1. The molecule has 0 aliphatic heterocycles. The molecule has 1 aromatic carbocycles. The van der Waals surface area contributed by atoms with Gasteiger partial charge in [0, 0.05) is 11.6 Å². The predicted molar refractivity (Wildman–Crippen MR) is 76.8 cm³/mol. The molecule has 0 aliphatic rings. The first-order chi connectivity index (χ1) is 9.83. The first-order valence-corrected chi connectivity index (χ1v) is 6.13. The van der Waals surface area contributed by atoms with Crippen molar-refractivity contribution in [2.24, 2.45) is 0 Å². The molecule has 4 aromatic rings. The summed E-state index contributed by atoms with van der Waals surface area (Å²) in [6, 6.07) is 9.99. The number of fused-ring (bicyclic) bond motifs is 2. The molecule has 0 aliphatic carbocycles. The zero-order valence-corrected chi connectivity index (χ0v) is 10.4. The summed E-state index contributed by atoms with van der Waals surface area (Å²) in [5.74, 6) is 1.03. The van der Waals surface area contributed by atoms with Crippen molar-refractivity contribution in [2.75, 3.05) is 5.73 Å². The summed E-state index contributed by atoms with van der Waals surface area (Å²) in [5, 5.41) is 2.14. The molecule has 0 bridgehead atoms. The van der Waals surface area contributed by atoms with Crippen molar-refractivity contribution in [3.63, 3.8) is 0 Å². The van der Waals surface area contributed by atoms with E-state index in [-0.39, 0.29) is 0 Å². The average Bonchev–Trinajstić information content (AvgIpc) is 2.92. The minimum absolute atomic E-state index is 0.383. The Bertz CT molecular complexity index is 922. The number of nitrogens with one attached hydrogen (secondary N) is 1. The van der Waals surface area contributed by atoms with Gasteiger partial charge in [0.1, 0.15) is 17.5 Å². The Kier molecular flexibility index (Phi) is 2.17. The van der Waals surface area contributed by atoms with Gasteiger partial charge in [-0.15, -0.1) is 0 Å². The molecule has 0 saturated heterocycles. The molecule has 0 spiro atoms. The highest BCUT2D eigenvalue weighted by atomic mass is 15.1. The third kappa shape index (κ3) is 1.51. The van der Waals surface area contributed by atoms with Crippen LogP contribution in [0.4, 0.5) is 5.82 Å². The van der Waals surface area contributed by atoms with Gasteiger partial charge in [-0.2, -0.15) is 0 Å². The van der Waals surface area contributed by atoms with Crippen molar-refractivity contribution in [1.82, 2.24) is 24.9 Å². The molecular formula is C14H10N6. The van der Waals surface area contributed by atoms with E-state index in [1.165, 1.54) is 6.33 Å². The van der Waals surface area contributed by atoms with Gasteiger partial charge in [-0.25, -0.2) is 15.0 Å². The predicted octanol–water partition coefficient (Wildman–Crippen LogP) is 2.15. The normalized spacial score (nSPS) is 11.2. The van der Waals surface area contributed by atoms with Crippen LogP contribution >= 0.6 is 0 Å². The van der Waals surface area contributed by atoms with Crippen LogP contribution in [0.15, 0.2) is 42.9 Å². The molecule has 0 fully saturated rings. The average molecular weight is 262 g/mol. The highest BCUT2D eigenvalue weighted by Gasteiger charge is 2.12. The van der Waals surface area contributed by atoms with Gasteiger partial charge in [-0.1, -0.05) is 24.3 Å². The topological polar surface area (TPSA) is 93.4 Å². The molecule has 0 amide bonds. The highest BCUT2D eigenvalue weighted by molar-refractivity contribution is 5.94. The van der Waals surface area contributed by atoms with Crippen LogP contribution in [0.5, 0.6) is 0 Å². The number of benzene rings is 1. The van der Waals surface area contributed by atoms with Crippen molar-refractivity contribution >= 4 is 27.8 Å². The number of anilines is 1. The minimum Gasteiger partial charge on any atom is -0.382 e. The lowest BCUT2D eigenvalue weighted by molar-refractivity contribution is 1.20. The van der Waals surface area contributed by atoms with Gasteiger partial charge in [0.2, 0.25) is 0 Å². The third-order valence-electron chi connectivity index (χ3n) is 3.22. The van der Waals surface area contributed by atoms with Crippen molar-refractivity contribution in [2.45, 2.75) is 0 Å². The zero-order valence-electron chi connectivity index (χ0n) is 10.4. The molecule has 0 radical (unpaired) electrons. The number of nitrogens with two attached hydrogens (primary N) is 1. The Balaban J connectivity index is 2.04. The van der Waals surface area contributed by atoms with E-state index < -0.39 is 0 Å². The van der Waals surface area contributed by atoms with Gasteiger partial charge < -0.3 is 10.7 Å². The van der Waals surface area contributed by atoms with Crippen molar-refractivity contribution in [3.05, 3.63) is 42.9 Å². The number of hydrogen-bond donors (Lipinski definition) is 2. The van der Waals surface area contributed by atoms with E-state index in [1.807, 2.05) is 30.3 Å². The first kappa shape index (κ1) is 10.9. The maximum absolute atomic E-state index is 5.82. The summed E-state index contributed by atoms with van der Waals surface area (Å²) >= 11 is 0. The SMILES string of the molecule is Nc1ncnc2nc(-c3nccc4ccccc34)[nH]c12. The number of hydrogen-bond acceptors (Lipinski definition) is 5. The van der Waals surface area contributed by atoms with Crippen LogP contribution < -0.4 is 5.73 Å². The fourth-order valence-corrected chi connectivity index (χ4v) is 2.27. The fourth-order valence-electron chi connectivity index (χ4n) is 2.27. The lowest BCUT2D eigenvalue weighted by Gasteiger charge is -2.01. The van der Waals surface area contributed by atoms with Crippen LogP contribution in [0.2, 0.25) is 0 Å². The molecule has 3 aromatic heterocycles. The van der Waals surface area contributed by atoms with Gasteiger partial charge in [0.25, 0.3) is 0 Å². The lowest BCUT2D eigenvalue weighted by atomic mass is 10.1. The Morgan fingerprint density at radius 3 is 2.80 bits per heavy atom. The maximum atomic E-state index is 5.82. The number of imidazole rings is 1. The summed E-state index contributed by atoms with van der Waals surface area (Å²) in [5.41, 5.74) is 7.78. The van der Waals surface area contributed by atoms with E-state index in [2.05, 4.69) is 24.9 Å². The summed E-state index contributed by atoms with van der Waals surface area (Å²) in [7, 11) is 0. The van der Waals surface area contributed by atoms with Crippen molar-refractivity contribution in [3.8, 4) is 11.5 Å². The van der Waals surface area contributed by atoms with E-state index in [9.17, 15) is 0 Å². The monoisotopic (exact) mass is 262 g/mol. The van der Waals surface area contributed by atoms with Gasteiger partial charge in [0.05, 0.1) is 0 Å². The molecule has 4 rings (SSSR count). The van der Waals surface area contributed by atoms with Crippen molar-refractivity contribution in [1.29, 1.82) is 0 Å². The Morgan fingerprint density at radius 2 is 1.90 bits per heavy atom. The number of aromatic nitrogens is 5. The van der Waals surface area contributed by atoms with Crippen LogP contribution in [0.3, 0.4) is 0 Å². The summed E-state index contributed by atoms with van der Waals surface area (Å²) in [4.78, 5) is 20.1. The molecule has 96 valence electrons. The molecule has 0 saturated carbocycles. The third-order valence-corrected chi connectivity index (χ3v) is 3.22. The number of H-pyrrole nitrogens is 1. The van der Waals surface area contributed by atoms with Crippen LogP contribution in [0.1, 0.15) is 0 Å². The number of nitrogen functional groups attached to an aromatic ring is 1. The van der Waals surface area contributed by atoms with E-state index >= 15 is 0 Å². The molecule has 6 nitrogen and oxygen atoms in total. The smallest absolute Gasteiger partial charge is 0.183 e. The second-order valence-corrected chi connectivity index (χ2v) is 4.42. The summed E-state index contributed by atoms with van der Waals surface area (Å²) in [6.45, 7) is 0. The largest absolute Gasteiger partial charge is 0.382 e. The van der Waals surface area contributed by atoms with Crippen LogP contribution in [0, 0.1) is 0 Å². The second-order valence-electron chi connectivity index (χ2n) is 4.42. The molecular weight excluding hydrogens is 252 g/mol. The fraction of sp³-hybridized carbons (Fsp3) is 0. The zero-order chi connectivity index (χ0) is 13.5. The quantitative estimate of drug-likeness (QED) is 0.548. The summed E-state index contributed by atoms with van der Waals surface area (Å²) in [6.07, 6.45) is 3.17. The minimum atomic E-state index is 0.383. The van der Waals surface area contributed by atoms with Crippen LogP contribution in [-0.2, 0) is 0 Å². The van der Waals surface area contributed by atoms with E-state index in [1.54, 1.807) is 6.20 Å². The molecule has 6 heteroatoms. The van der Waals surface area contributed by atoms with Crippen LogP contribution in [-0.4, -0.2) is 24.9 Å². The first-order valence-electron chi connectivity index (χ1n) is 6.13. The lowest BCUT2D eigenvalue weighted by Crippen LogP contribution is -1.91. The molecule has 0 atom stereocenters. The van der Waals surface area contributed by atoms with E-state index in [0.717, 1.165) is 16.5 Å².